The molecule has 0 N–H and O–H groups in total. The van der Waals surface area contributed by atoms with Crippen LogP contribution in [0.4, 0.5) is 17.1 Å². The Balaban J connectivity index is 0.992. The molecule has 56 heavy (non-hydrogen) atoms. The molecule has 5 nitrogen and oxygen atoms in total. The predicted molar refractivity (Wildman–Crippen MR) is 229 cm³/mol. The first-order valence-electron chi connectivity index (χ1n) is 18.8. The second-order valence-corrected chi connectivity index (χ2v) is 14.3. The minimum Gasteiger partial charge on any atom is -0.456 e. The quantitative estimate of drug-likeness (QED) is 0.166. The summed E-state index contributed by atoms with van der Waals surface area (Å²) in [7, 11) is 0. The number of nitrogens with zero attached hydrogens (tertiary/aromatic N) is 2. The molecule has 0 spiro atoms. The van der Waals surface area contributed by atoms with Gasteiger partial charge < -0.3 is 18.2 Å². The fourth-order valence-corrected chi connectivity index (χ4v) is 8.36. The molecule has 12 rings (SSSR count). The molecule has 0 saturated carbocycles. The van der Waals surface area contributed by atoms with E-state index in [2.05, 4.69) is 126 Å². The van der Waals surface area contributed by atoms with Crippen LogP contribution in [-0.4, -0.2) is 4.98 Å². The van der Waals surface area contributed by atoms with Gasteiger partial charge in [-0.2, -0.15) is 0 Å². The highest BCUT2D eigenvalue weighted by atomic mass is 16.3. The number of benzene rings is 9. The molecule has 0 bridgehead atoms. The Labute approximate surface area is 320 Å². The minimum absolute atomic E-state index is 0.626. The largest absolute Gasteiger partial charge is 0.456 e. The maximum atomic E-state index is 6.51. The number of oxazole rings is 1. The van der Waals surface area contributed by atoms with Crippen LogP contribution in [0, 0.1) is 0 Å². The number of fused-ring (bicyclic) bond motifs is 11. The maximum absolute atomic E-state index is 6.51. The van der Waals surface area contributed by atoms with Crippen molar-refractivity contribution in [2.24, 2.45) is 0 Å². The highest BCUT2D eigenvalue weighted by Gasteiger charge is 2.19. The summed E-state index contributed by atoms with van der Waals surface area (Å²) in [6.45, 7) is 0. The summed E-state index contributed by atoms with van der Waals surface area (Å²) >= 11 is 0. The van der Waals surface area contributed by atoms with Crippen LogP contribution in [0.3, 0.4) is 0 Å². The van der Waals surface area contributed by atoms with Gasteiger partial charge in [0.05, 0.1) is 0 Å². The minimum atomic E-state index is 0.626. The number of para-hydroxylation sites is 2. The Morgan fingerprint density at radius 2 is 0.964 bits per heavy atom. The maximum Gasteiger partial charge on any atom is 0.227 e. The molecular formula is C51H30N2O3. The fourth-order valence-electron chi connectivity index (χ4n) is 8.36. The van der Waals surface area contributed by atoms with Gasteiger partial charge in [-0.25, -0.2) is 4.98 Å². The van der Waals surface area contributed by atoms with Gasteiger partial charge in [0.1, 0.15) is 27.8 Å². The van der Waals surface area contributed by atoms with Gasteiger partial charge in [-0.3, -0.25) is 0 Å². The Morgan fingerprint density at radius 3 is 1.80 bits per heavy atom. The number of hydrogen-bond acceptors (Lipinski definition) is 5. The molecule has 0 aliphatic carbocycles. The molecule has 0 atom stereocenters. The molecule has 12 aromatic rings. The van der Waals surface area contributed by atoms with Crippen molar-refractivity contribution in [1.82, 2.24) is 4.98 Å². The summed E-state index contributed by atoms with van der Waals surface area (Å²) in [5, 5.41) is 8.85. The third-order valence-corrected chi connectivity index (χ3v) is 11.1. The lowest BCUT2D eigenvalue weighted by atomic mass is 9.96. The third kappa shape index (κ3) is 4.78. The molecule has 0 radical (unpaired) electrons. The van der Waals surface area contributed by atoms with E-state index in [4.69, 9.17) is 18.2 Å². The lowest BCUT2D eigenvalue weighted by Gasteiger charge is -2.25. The molecule has 3 aromatic heterocycles. The summed E-state index contributed by atoms with van der Waals surface area (Å²) < 4.78 is 19.1. The topological polar surface area (TPSA) is 55.6 Å². The third-order valence-electron chi connectivity index (χ3n) is 11.1. The molecule has 3 heterocycles. The molecule has 0 aliphatic rings. The predicted octanol–water partition coefficient (Wildman–Crippen LogP) is 14.7. The first-order chi connectivity index (χ1) is 27.7. The van der Waals surface area contributed by atoms with E-state index < -0.39 is 0 Å². The van der Waals surface area contributed by atoms with Crippen molar-refractivity contribution >= 4 is 93.6 Å². The average Bonchev–Trinajstić information content (AvgIpc) is 3.97. The van der Waals surface area contributed by atoms with Crippen molar-refractivity contribution in [3.05, 3.63) is 182 Å². The summed E-state index contributed by atoms with van der Waals surface area (Å²) in [4.78, 5) is 7.16. The van der Waals surface area contributed by atoms with Gasteiger partial charge in [-0.05, 0) is 106 Å². The van der Waals surface area contributed by atoms with Crippen LogP contribution in [0.5, 0.6) is 0 Å². The van der Waals surface area contributed by atoms with E-state index in [-0.39, 0.29) is 0 Å². The number of aromatic nitrogens is 1. The lowest BCUT2D eigenvalue weighted by molar-refractivity contribution is 0.623. The Kier molecular flexibility index (Phi) is 6.56. The van der Waals surface area contributed by atoms with Crippen LogP contribution in [0.25, 0.3) is 99.1 Å². The van der Waals surface area contributed by atoms with Gasteiger partial charge in [0.2, 0.25) is 5.89 Å². The molecule has 0 unspecified atom stereocenters. The normalized spacial score (nSPS) is 11.9. The molecule has 9 aromatic carbocycles. The van der Waals surface area contributed by atoms with E-state index in [0.717, 1.165) is 110 Å². The molecule has 0 aliphatic heterocycles. The molecule has 5 heteroatoms. The van der Waals surface area contributed by atoms with E-state index in [9.17, 15) is 0 Å². The van der Waals surface area contributed by atoms with Crippen LogP contribution in [0.15, 0.2) is 195 Å². The molecule has 0 saturated heterocycles. The molecule has 0 fully saturated rings. The number of furan rings is 2. The molecule has 0 amide bonds. The zero-order valence-electron chi connectivity index (χ0n) is 29.9. The van der Waals surface area contributed by atoms with Gasteiger partial charge in [-0.15, -0.1) is 0 Å². The Morgan fingerprint density at radius 1 is 0.357 bits per heavy atom. The van der Waals surface area contributed by atoms with Crippen LogP contribution < -0.4 is 4.90 Å². The second kappa shape index (κ2) is 11.9. The van der Waals surface area contributed by atoms with Gasteiger partial charge in [0.15, 0.2) is 5.58 Å². The first-order valence-corrected chi connectivity index (χ1v) is 18.8. The van der Waals surface area contributed by atoms with Crippen LogP contribution >= 0.6 is 0 Å². The van der Waals surface area contributed by atoms with Crippen molar-refractivity contribution in [2.75, 3.05) is 4.90 Å². The summed E-state index contributed by atoms with van der Waals surface area (Å²) in [6, 6.07) is 63.4. The molecule has 262 valence electrons. The highest BCUT2D eigenvalue weighted by Crippen LogP contribution is 2.42. The SMILES string of the molecule is c1ccc(-c2nc3ccc4ccc5ccc(-c6ccc(N(c7ccc8c(c7)oc7ccccc78)c7ccc8oc9ccccc9c8c7)cc6)cc5c4c3o2)cc1. The summed E-state index contributed by atoms with van der Waals surface area (Å²) in [5.41, 5.74) is 11.4. The fraction of sp³-hybridized carbons (Fsp3) is 0. The van der Waals surface area contributed by atoms with Crippen molar-refractivity contribution < 1.29 is 13.3 Å². The van der Waals surface area contributed by atoms with Crippen LogP contribution in [-0.2, 0) is 0 Å². The van der Waals surface area contributed by atoms with Crippen molar-refractivity contribution in [2.45, 2.75) is 0 Å². The van der Waals surface area contributed by atoms with E-state index in [1.165, 1.54) is 0 Å². The van der Waals surface area contributed by atoms with Crippen LogP contribution in [0.2, 0.25) is 0 Å². The number of rotatable bonds is 5. The smallest absolute Gasteiger partial charge is 0.227 e. The highest BCUT2D eigenvalue weighted by molar-refractivity contribution is 6.18. The van der Waals surface area contributed by atoms with Gasteiger partial charge in [0.25, 0.3) is 0 Å². The van der Waals surface area contributed by atoms with E-state index in [0.29, 0.717) is 5.89 Å². The standard InChI is InChI=1S/C51H30N2O3/c1-2-8-34(9-3-1)51-52-44-26-20-33-16-14-32-15-17-35(28-42(32)49(33)50(44)56-51)31-18-21-36(22-19-31)53(37-24-27-47-43(29-37)40-11-5-7-13-46(40)54-47)38-23-25-41-39-10-4-6-12-45(39)55-48(41)30-38/h1-30H. The van der Waals surface area contributed by atoms with Crippen molar-refractivity contribution in [3.8, 4) is 22.6 Å². The van der Waals surface area contributed by atoms with Crippen molar-refractivity contribution in [1.29, 1.82) is 0 Å². The number of anilines is 3. The monoisotopic (exact) mass is 718 g/mol. The van der Waals surface area contributed by atoms with E-state index >= 15 is 0 Å². The second-order valence-electron chi connectivity index (χ2n) is 14.3. The lowest BCUT2D eigenvalue weighted by Crippen LogP contribution is -2.09. The van der Waals surface area contributed by atoms with Gasteiger partial charge in [-0.1, -0.05) is 97.1 Å². The van der Waals surface area contributed by atoms with Crippen LogP contribution in [0.1, 0.15) is 0 Å². The first kappa shape index (κ1) is 30.8. The van der Waals surface area contributed by atoms with Gasteiger partial charge in [0, 0.05) is 55.6 Å². The van der Waals surface area contributed by atoms with Gasteiger partial charge >= 0.3 is 0 Å². The zero-order chi connectivity index (χ0) is 36.7. The zero-order valence-corrected chi connectivity index (χ0v) is 29.9. The summed E-state index contributed by atoms with van der Waals surface area (Å²) in [6.07, 6.45) is 0. The van der Waals surface area contributed by atoms with E-state index in [1.54, 1.807) is 0 Å². The Hall–Kier alpha value is -7.63. The molecular weight excluding hydrogens is 689 g/mol. The number of hydrogen-bond donors (Lipinski definition) is 0. The summed E-state index contributed by atoms with van der Waals surface area (Å²) in [5.74, 6) is 0.626. The average molecular weight is 719 g/mol. The van der Waals surface area contributed by atoms with E-state index in [1.807, 2.05) is 60.7 Å². The van der Waals surface area contributed by atoms with Crippen molar-refractivity contribution in [3.63, 3.8) is 0 Å². The Bertz CT molecular complexity index is 3480.